The first-order chi connectivity index (χ1) is 14.9. The molecule has 0 saturated carbocycles. The van der Waals surface area contributed by atoms with Crippen molar-refractivity contribution in [1.82, 2.24) is 0 Å². The first-order valence-electron chi connectivity index (χ1n) is 12.7. The summed E-state index contributed by atoms with van der Waals surface area (Å²) in [5.41, 5.74) is 0. The van der Waals surface area contributed by atoms with Gasteiger partial charge in [0.15, 0.2) is 0 Å². The second-order valence-corrected chi connectivity index (χ2v) is 11.3. The SMILES string of the molecule is CCCCCCCCCCOP(OCCCCCCCCCC)Sc1ccccc1. The summed E-state index contributed by atoms with van der Waals surface area (Å²) >= 11 is 1.76. The van der Waals surface area contributed by atoms with E-state index < -0.39 is 7.58 Å². The molecule has 174 valence electrons. The van der Waals surface area contributed by atoms with Crippen LogP contribution < -0.4 is 0 Å². The average Bonchev–Trinajstić information content (AvgIpc) is 2.77. The van der Waals surface area contributed by atoms with Crippen LogP contribution in [0.4, 0.5) is 0 Å². The van der Waals surface area contributed by atoms with E-state index in [0.29, 0.717) is 0 Å². The van der Waals surface area contributed by atoms with Gasteiger partial charge in [-0.3, -0.25) is 0 Å². The Morgan fingerprint density at radius 3 is 1.40 bits per heavy atom. The van der Waals surface area contributed by atoms with Crippen LogP contribution in [0.15, 0.2) is 35.2 Å². The summed E-state index contributed by atoms with van der Waals surface area (Å²) in [6.07, 6.45) is 21.3. The Bertz CT molecular complexity index is 436. The molecule has 0 aliphatic carbocycles. The molecule has 1 aromatic carbocycles. The Balaban J connectivity index is 2.14. The fourth-order valence-electron chi connectivity index (χ4n) is 3.41. The van der Waals surface area contributed by atoms with E-state index in [1.54, 1.807) is 11.4 Å². The van der Waals surface area contributed by atoms with Crippen LogP contribution in [0.3, 0.4) is 0 Å². The third-order valence-corrected chi connectivity index (χ3v) is 8.44. The maximum atomic E-state index is 6.17. The summed E-state index contributed by atoms with van der Waals surface area (Å²) in [6, 6.07) is 10.5. The Hall–Kier alpha value is -0.0800. The maximum absolute atomic E-state index is 6.17. The molecule has 1 aromatic rings. The predicted molar refractivity (Wildman–Crippen MR) is 136 cm³/mol. The highest BCUT2D eigenvalue weighted by atomic mass is 32.7. The van der Waals surface area contributed by atoms with Crippen LogP contribution in [0.5, 0.6) is 0 Å². The largest absolute Gasteiger partial charge is 0.326 e. The summed E-state index contributed by atoms with van der Waals surface area (Å²) in [5.74, 6) is 0. The van der Waals surface area contributed by atoms with Gasteiger partial charge in [0.1, 0.15) is 0 Å². The molecule has 0 saturated heterocycles. The van der Waals surface area contributed by atoms with Crippen molar-refractivity contribution in [3.8, 4) is 0 Å². The van der Waals surface area contributed by atoms with Gasteiger partial charge in [0.05, 0.1) is 13.2 Å². The van der Waals surface area contributed by atoms with Gasteiger partial charge in [-0.25, -0.2) is 0 Å². The molecule has 0 aromatic heterocycles. The molecule has 1 rings (SSSR count). The Morgan fingerprint density at radius 1 is 0.567 bits per heavy atom. The zero-order valence-electron chi connectivity index (χ0n) is 19.8. The van der Waals surface area contributed by atoms with Crippen molar-refractivity contribution in [3.63, 3.8) is 0 Å². The van der Waals surface area contributed by atoms with E-state index in [9.17, 15) is 0 Å². The fraction of sp³-hybridized carbons (Fsp3) is 0.769. The van der Waals surface area contributed by atoms with E-state index in [0.717, 1.165) is 26.1 Å². The smallest absolute Gasteiger partial charge is 0.243 e. The first-order valence-corrected chi connectivity index (χ1v) is 15.3. The lowest BCUT2D eigenvalue weighted by Gasteiger charge is -2.16. The molecule has 0 bridgehead atoms. The quantitative estimate of drug-likeness (QED) is 0.128. The second kappa shape index (κ2) is 22.1. The second-order valence-electron chi connectivity index (χ2n) is 8.24. The lowest BCUT2D eigenvalue weighted by atomic mass is 10.1. The molecule has 30 heavy (non-hydrogen) atoms. The van der Waals surface area contributed by atoms with Crippen LogP contribution in [0.2, 0.25) is 0 Å². The van der Waals surface area contributed by atoms with Crippen LogP contribution in [-0.4, -0.2) is 13.2 Å². The molecule has 2 nitrogen and oxygen atoms in total. The zero-order chi connectivity index (χ0) is 21.5. The molecule has 0 radical (unpaired) electrons. The summed E-state index contributed by atoms with van der Waals surface area (Å²) < 4.78 is 12.3. The van der Waals surface area contributed by atoms with Gasteiger partial charge in [-0.2, -0.15) is 0 Å². The fourth-order valence-corrected chi connectivity index (χ4v) is 6.24. The van der Waals surface area contributed by atoms with Crippen molar-refractivity contribution >= 4 is 19.0 Å². The molecule has 0 spiro atoms. The average molecular weight is 455 g/mol. The normalized spacial score (nSPS) is 11.4. The van der Waals surface area contributed by atoms with Crippen molar-refractivity contribution < 1.29 is 9.05 Å². The molecular formula is C26H47O2PS. The van der Waals surface area contributed by atoms with Gasteiger partial charge in [-0.05, 0) is 36.4 Å². The standard InChI is InChI=1S/C26H47O2PS/c1-3-5-7-9-11-13-15-20-24-27-29(30-26-22-18-17-19-23-26)28-25-21-16-14-12-10-8-6-4-2/h17-19,22-23H,3-16,20-21,24-25H2,1-2H3. The molecule has 0 aliphatic heterocycles. The molecule has 0 unspecified atom stereocenters. The molecule has 0 heterocycles. The summed E-state index contributed by atoms with van der Waals surface area (Å²) in [6.45, 7) is 6.22. The number of benzene rings is 1. The van der Waals surface area contributed by atoms with E-state index >= 15 is 0 Å². The lowest BCUT2D eigenvalue weighted by Crippen LogP contribution is -1.95. The van der Waals surface area contributed by atoms with Gasteiger partial charge in [-0.15, -0.1) is 0 Å². The van der Waals surface area contributed by atoms with E-state index in [2.05, 4.69) is 44.2 Å². The molecule has 0 aliphatic rings. The molecule has 0 N–H and O–H groups in total. The van der Waals surface area contributed by atoms with Crippen molar-refractivity contribution in [1.29, 1.82) is 0 Å². The van der Waals surface area contributed by atoms with Crippen molar-refractivity contribution in [2.45, 2.75) is 121 Å². The van der Waals surface area contributed by atoms with Gasteiger partial charge < -0.3 is 9.05 Å². The van der Waals surface area contributed by atoms with Crippen LogP contribution in [-0.2, 0) is 9.05 Å². The van der Waals surface area contributed by atoms with E-state index in [1.165, 1.54) is 94.8 Å². The summed E-state index contributed by atoms with van der Waals surface area (Å²) in [5, 5.41) is 0. The highest BCUT2D eigenvalue weighted by Crippen LogP contribution is 2.55. The number of hydrogen-bond donors (Lipinski definition) is 0. The third kappa shape index (κ3) is 17.6. The van der Waals surface area contributed by atoms with Gasteiger partial charge in [0.25, 0.3) is 0 Å². The van der Waals surface area contributed by atoms with Crippen LogP contribution in [0.25, 0.3) is 0 Å². The topological polar surface area (TPSA) is 18.5 Å². The van der Waals surface area contributed by atoms with E-state index in [-0.39, 0.29) is 0 Å². The highest BCUT2D eigenvalue weighted by Gasteiger charge is 2.13. The van der Waals surface area contributed by atoms with Crippen molar-refractivity contribution in [3.05, 3.63) is 30.3 Å². The van der Waals surface area contributed by atoms with Gasteiger partial charge in [0, 0.05) is 4.90 Å². The maximum Gasteiger partial charge on any atom is 0.243 e. The minimum atomic E-state index is -0.885. The molecule has 0 fully saturated rings. The third-order valence-electron chi connectivity index (χ3n) is 5.31. The molecule has 4 heteroatoms. The van der Waals surface area contributed by atoms with Crippen LogP contribution >= 0.6 is 19.0 Å². The lowest BCUT2D eigenvalue weighted by molar-refractivity contribution is 0.251. The van der Waals surface area contributed by atoms with E-state index in [4.69, 9.17) is 9.05 Å². The zero-order valence-corrected chi connectivity index (χ0v) is 21.5. The minimum absolute atomic E-state index is 0.831. The van der Waals surface area contributed by atoms with Crippen LogP contribution in [0.1, 0.15) is 117 Å². The number of unbranched alkanes of at least 4 members (excludes halogenated alkanes) is 14. The van der Waals surface area contributed by atoms with Crippen LogP contribution in [0, 0.1) is 0 Å². The minimum Gasteiger partial charge on any atom is -0.326 e. The predicted octanol–water partition coefficient (Wildman–Crippen LogP) is 10.3. The highest BCUT2D eigenvalue weighted by molar-refractivity contribution is 8.52. The van der Waals surface area contributed by atoms with Gasteiger partial charge >= 0.3 is 0 Å². The summed E-state index contributed by atoms with van der Waals surface area (Å²) in [7, 11) is -0.885. The Morgan fingerprint density at radius 2 is 0.967 bits per heavy atom. The Kier molecular flexibility index (Phi) is 20.6. The molecule has 0 amide bonds. The molecular weight excluding hydrogens is 407 g/mol. The van der Waals surface area contributed by atoms with Gasteiger partial charge in [-0.1, -0.05) is 122 Å². The molecule has 0 atom stereocenters. The first kappa shape index (κ1) is 28.0. The van der Waals surface area contributed by atoms with Gasteiger partial charge in [0.2, 0.25) is 7.58 Å². The Labute approximate surface area is 193 Å². The summed E-state index contributed by atoms with van der Waals surface area (Å²) in [4.78, 5) is 1.25. The monoisotopic (exact) mass is 454 g/mol. The van der Waals surface area contributed by atoms with Crippen molar-refractivity contribution in [2.75, 3.05) is 13.2 Å². The number of rotatable bonds is 22. The van der Waals surface area contributed by atoms with E-state index in [1.807, 2.05) is 0 Å². The van der Waals surface area contributed by atoms with Crippen molar-refractivity contribution in [2.24, 2.45) is 0 Å². The number of hydrogen-bond acceptors (Lipinski definition) is 3.